The van der Waals surface area contributed by atoms with Crippen molar-refractivity contribution in [3.05, 3.63) is 82.7 Å². The van der Waals surface area contributed by atoms with Crippen LogP contribution >= 0.6 is 0 Å². The summed E-state index contributed by atoms with van der Waals surface area (Å²) in [5.41, 5.74) is 1.89. The van der Waals surface area contributed by atoms with Gasteiger partial charge in [0.1, 0.15) is 11.3 Å². The maximum Gasteiger partial charge on any atom is 0.345 e. The van der Waals surface area contributed by atoms with Crippen LogP contribution in [0.25, 0.3) is 0 Å². The van der Waals surface area contributed by atoms with Crippen LogP contribution in [0.15, 0.2) is 77.2 Å². The number of ether oxygens (including phenoxy) is 3. The van der Waals surface area contributed by atoms with Gasteiger partial charge in [-0.3, -0.25) is 4.90 Å². The molecule has 4 heterocycles. The van der Waals surface area contributed by atoms with Crippen molar-refractivity contribution in [2.24, 2.45) is 40.9 Å². The average molecular weight is 642 g/mol. The van der Waals surface area contributed by atoms with Crippen LogP contribution in [0.2, 0.25) is 0 Å². The molecule has 2 N–H and O–H groups in total. The Bertz CT molecular complexity index is 1500. The molecular weight excluding hydrogens is 590 g/mol. The number of aliphatic hydroxyl groups excluding tert-OH is 2. The summed E-state index contributed by atoms with van der Waals surface area (Å²) in [5.74, 6) is 3.64. The number of carbonyl (C=O) groups excluding carboxylic acids is 1. The Kier molecular flexibility index (Phi) is 8.17. The molecule has 0 amide bonds. The Morgan fingerprint density at radius 2 is 1.87 bits per heavy atom. The largest absolute Gasteiger partial charge is 0.492 e. The van der Waals surface area contributed by atoms with Gasteiger partial charge in [0.2, 0.25) is 5.76 Å². The lowest BCUT2D eigenvalue weighted by Crippen LogP contribution is -2.61. The molecule has 7 heteroatoms. The first-order valence-electron chi connectivity index (χ1n) is 18.2. The smallest absolute Gasteiger partial charge is 0.345 e. The van der Waals surface area contributed by atoms with Crippen LogP contribution in [0.4, 0.5) is 0 Å². The van der Waals surface area contributed by atoms with Gasteiger partial charge in [0.05, 0.1) is 19.8 Å². The molecule has 1 aromatic carbocycles. The van der Waals surface area contributed by atoms with Crippen molar-refractivity contribution >= 4 is 5.97 Å². The number of nitrogens with zero attached hydrogens (tertiary/aromatic N) is 1. The van der Waals surface area contributed by atoms with Crippen LogP contribution in [0.5, 0.6) is 0 Å². The van der Waals surface area contributed by atoms with Crippen molar-refractivity contribution in [3.8, 4) is 0 Å². The molecule has 10 atom stereocenters. The lowest BCUT2D eigenvalue weighted by Gasteiger charge is -2.53. The molecule has 2 saturated heterocycles. The minimum absolute atomic E-state index is 0.0583. The number of fused-ring (bicyclic) bond motifs is 4. The molecule has 1 spiro atoms. The molecule has 47 heavy (non-hydrogen) atoms. The van der Waals surface area contributed by atoms with E-state index >= 15 is 0 Å². The van der Waals surface area contributed by atoms with Crippen LogP contribution in [0, 0.1) is 40.9 Å². The molecule has 7 nitrogen and oxygen atoms in total. The first-order valence-corrected chi connectivity index (χ1v) is 18.2. The van der Waals surface area contributed by atoms with Crippen molar-refractivity contribution in [2.45, 2.75) is 95.7 Å². The highest BCUT2D eigenvalue weighted by Crippen LogP contribution is 2.67. The molecule has 0 aromatic heterocycles. The van der Waals surface area contributed by atoms with E-state index in [1.165, 1.54) is 44.8 Å². The van der Waals surface area contributed by atoms with Crippen LogP contribution in [-0.2, 0) is 19.0 Å². The van der Waals surface area contributed by atoms with Crippen molar-refractivity contribution < 1.29 is 29.2 Å². The van der Waals surface area contributed by atoms with Gasteiger partial charge in [-0.1, -0.05) is 69.2 Å². The zero-order chi connectivity index (χ0) is 32.4. The predicted molar refractivity (Wildman–Crippen MR) is 178 cm³/mol. The highest BCUT2D eigenvalue weighted by Gasteiger charge is 2.63. The summed E-state index contributed by atoms with van der Waals surface area (Å²) in [4.78, 5) is 15.4. The van der Waals surface area contributed by atoms with Gasteiger partial charge in [-0.25, -0.2) is 4.79 Å². The summed E-state index contributed by atoms with van der Waals surface area (Å²) in [6.45, 7) is 4.95. The molecule has 0 bridgehead atoms. The number of cyclic esters (lactones) is 1. The number of aliphatic hydroxyl groups is 2. The molecule has 7 aliphatic rings. The molecule has 3 aliphatic carbocycles. The van der Waals surface area contributed by atoms with Gasteiger partial charge in [0.15, 0.2) is 11.5 Å². The van der Waals surface area contributed by atoms with Gasteiger partial charge in [0, 0.05) is 36.4 Å². The number of piperidine rings is 1. The van der Waals surface area contributed by atoms with E-state index in [1.807, 2.05) is 0 Å². The maximum atomic E-state index is 12.7. The number of carbonyl (C=O) groups is 1. The number of benzene rings is 1. The summed E-state index contributed by atoms with van der Waals surface area (Å²) >= 11 is 0. The standard InChI is InChI=1S/C40H51NO6/c1-23-11-9-14-26(19-23)35(43)34-28-21-40(16-7-8-17-40)33(25-12-5-4-6-13-25)27(28)20-30-32-24(2)36(46-31(32)15-10-18-41(30)34)38-37(45-3)29(22-42)39(44)47-38/h4-6,9,12-15,23-24,26-28,30,32-35,42-43H,7-8,10-11,16-22H2,1-3H3. The molecule has 1 aromatic rings. The first-order chi connectivity index (χ1) is 22.8. The topological polar surface area (TPSA) is 88.5 Å². The number of hydrogen-bond acceptors (Lipinski definition) is 7. The Morgan fingerprint density at radius 3 is 2.60 bits per heavy atom. The number of allylic oxidation sites excluding steroid dienone is 2. The highest BCUT2D eigenvalue weighted by molar-refractivity contribution is 5.94. The molecule has 2 saturated carbocycles. The Hall–Kier alpha value is -2.87. The normalized spacial score (nSPS) is 40.0. The second kappa shape index (κ2) is 12.2. The monoisotopic (exact) mass is 641 g/mol. The number of hydrogen-bond donors (Lipinski definition) is 2. The average Bonchev–Trinajstić information content (AvgIpc) is 3.81. The minimum Gasteiger partial charge on any atom is -0.492 e. The summed E-state index contributed by atoms with van der Waals surface area (Å²) in [6.07, 6.45) is 16.8. The molecule has 10 unspecified atom stereocenters. The lowest BCUT2D eigenvalue weighted by molar-refractivity contribution is -0.133. The Balaban J connectivity index is 1.23. The third-order valence-corrected chi connectivity index (χ3v) is 13.3. The van der Waals surface area contributed by atoms with E-state index in [9.17, 15) is 15.0 Å². The van der Waals surface area contributed by atoms with E-state index in [0.717, 1.165) is 38.0 Å². The van der Waals surface area contributed by atoms with Crippen molar-refractivity contribution in [1.82, 2.24) is 4.90 Å². The van der Waals surface area contributed by atoms with Gasteiger partial charge in [-0.2, -0.15) is 0 Å². The summed E-state index contributed by atoms with van der Waals surface area (Å²) < 4.78 is 18.0. The summed E-state index contributed by atoms with van der Waals surface area (Å²) in [7, 11) is 1.50. The third kappa shape index (κ3) is 4.97. The van der Waals surface area contributed by atoms with Gasteiger partial charge in [0.25, 0.3) is 0 Å². The van der Waals surface area contributed by atoms with Crippen molar-refractivity contribution in [1.29, 1.82) is 0 Å². The van der Waals surface area contributed by atoms with E-state index in [0.29, 0.717) is 35.2 Å². The van der Waals surface area contributed by atoms with Gasteiger partial charge >= 0.3 is 5.97 Å². The van der Waals surface area contributed by atoms with Crippen LogP contribution in [-0.4, -0.2) is 59.5 Å². The van der Waals surface area contributed by atoms with Crippen LogP contribution in [0.1, 0.15) is 83.1 Å². The van der Waals surface area contributed by atoms with Gasteiger partial charge in [-0.05, 0) is 85.7 Å². The molecular formula is C40H51NO6. The zero-order valence-corrected chi connectivity index (χ0v) is 28.1. The Morgan fingerprint density at radius 1 is 1.09 bits per heavy atom. The van der Waals surface area contributed by atoms with E-state index in [1.54, 1.807) is 0 Å². The Labute approximate surface area is 279 Å². The van der Waals surface area contributed by atoms with E-state index < -0.39 is 18.7 Å². The minimum atomic E-state index is -0.581. The second-order valence-electron chi connectivity index (χ2n) is 15.7. The maximum absolute atomic E-state index is 12.7. The van der Waals surface area contributed by atoms with Gasteiger partial charge in [-0.15, -0.1) is 0 Å². The number of esters is 1. The van der Waals surface area contributed by atoms with Crippen LogP contribution in [0.3, 0.4) is 0 Å². The van der Waals surface area contributed by atoms with Crippen LogP contribution < -0.4 is 0 Å². The SMILES string of the molecule is COC1=C(CO)C(=O)OC1=C1OC2=CCCN3C(CC4C(CC5(CCCC5)C4c4ccccc4)C3C(O)C3C=CCC(C)C3)C2C1C. The summed E-state index contributed by atoms with van der Waals surface area (Å²) in [6, 6.07) is 11.5. The fourth-order valence-corrected chi connectivity index (χ4v) is 11.6. The number of rotatable bonds is 5. The first kappa shape index (κ1) is 31.4. The number of methoxy groups -OCH3 is 1. The molecule has 8 rings (SSSR count). The second-order valence-corrected chi connectivity index (χ2v) is 15.7. The molecule has 4 fully saturated rings. The van der Waals surface area contributed by atoms with Gasteiger partial charge < -0.3 is 24.4 Å². The van der Waals surface area contributed by atoms with Crippen molar-refractivity contribution in [3.63, 3.8) is 0 Å². The fraction of sp³-hybridized carbons (Fsp3) is 0.625. The quantitative estimate of drug-likeness (QED) is 0.277. The highest BCUT2D eigenvalue weighted by atomic mass is 16.6. The summed E-state index contributed by atoms with van der Waals surface area (Å²) in [5, 5.41) is 22.5. The molecule has 252 valence electrons. The molecule has 0 radical (unpaired) electrons. The molecule has 4 aliphatic heterocycles. The fourth-order valence-electron chi connectivity index (χ4n) is 11.6. The van der Waals surface area contributed by atoms with Crippen molar-refractivity contribution in [2.75, 3.05) is 20.3 Å². The van der Waals surface area contributed by atoms with E-state index in [2.05, 4.69) is 67.3 Å². The zero-order valence-electron chi connectivity index (χ0n) is 28.1. The third-order valence-electron chi connectivity index (χ3n) is 13.3. The van der Waals surface area contributed by atoms with E-state index in [4.69, 9.17) is 14.2 Å². The predicted octanol–water partition coefficient (Wildman–Crippen LogP) is 6.60. The lowest BCUT2D eigenvalue weighted by atomic mass is 9.65. The van der Waals surface area contributed by atoms with E-state index in [-0.39, 0.29) is 46.6 Å².